The second kappa shape index (κ2) is 2.58. The van der Waals surface area contributed by atoms with Crippen molar-refractivity contribution in [2.75, 3.05) is 0 Å². The molecule has 1 aromatic rings. The minimum atomic E-state index is 0.210. The predicted octanol–water partition coefficient (Wildman–Crippen LogP) is -0.295. The van der Waals surface area contributed by atoms with Crippen LogP contribution in [0.15, 0.2) is 6.07 Å². The Labute approximate surface area is 68.9 Å². The van der Waals surface area contributed by atoms with Crippen molar-refractivity contribution >= 4 is 15.4 Å². The normalized spacial score (nSPS) is 10.4. The molecule has 3 heteroatoms. The third kappa shape index (κ3) is 1.23. The van der Waals surface area contributed by atoms with E-state index in [1.54, 1.807) is 6.92 Å². The Hall–Kier alpha value is -0.963. The van der Waals surface area contributed by atoms with Gasteiger partial charge in [-0.1, -0.05) is 6.07 Å². The first-order valence-corrected chi connectivity index (χ1v) is 4.52. The van der Waals surface area contributed by atoms with Gasteiger partial charge in [-0.3, -0.25) is 0 Å². The third-order valence-corrected chi connectivity index (χ3v) is 2.65. The van der Waals surface area contributed by atoms with Gasteiger partial charge in [-0.2, -0.15) is 0 Å². The molecule has 11 heavy (non-hydrogen) atoms. The summed E-state index contributed by atoms with van der Waals surface area (Å²) in [7, 11) is 0.810. The van der Waals surface area contributed by atoms with Crippen molar-refractivity contribution in [3.05, 3.63) is 17.2 Å². The molecule has 0 amide bonds. The van der Waals surface area contributed by atoms with E-state index in [0.29, 0.717) is 5.56 Å². The van der Waals surface area contributed by atoms with E-state index in [-0.39, 0.29) is 11.5 Å². The molecule has 0 spiro atoms. The molecule has 0 radical (unpaired) electrons. The molecule has 0 unspecified atom stereocenters. The highest BCUT2D eigenvalue weighted by atomic mass is 28.1. The van der Waals surface area contributed by atoms with E-state index in [4.69, 9.17) is 0 Å². The molecule has 2 N–H and O–H groups in total. The lowest BCUT2D eigenvalue weighted by Gasteiger charge is -2.07. The van der Waals surface area contributed by atoms with E-state index in [9.17, 15) is 10.2 Å². The van der Waals surface area contributed by atoms with Crippen LogP contribution in [0.1, 0.15) is 11.1 Å². The molecule has 60 valence electrons. The molecule has 0 saturated heterocycles. The van der Waals surface area contributed by atoms with Gasteiger partial charge < -0.3 is 10.2 Å². The summed E-state index contributed by atoms with van der Waals surface area (Å²) < 4.78 is 0. The monoisotopic (exact) mass is 168 g/mol. The molecule has 0 heterocycles. The predicted molar refractivity (Wildman–Crippen MR) is 48.8 cm³/mol. The Morgan fingerprint density at radius 2 is 1.73 bits per heavy atom. The zero-order valence-corrected chi connectivity index (χ0v) is 8.97. The number of hydrogen-bond acceptors (Lipinski definition) is 2. The van der Waals surface area contributed by atoms with E-state index in [1.807, 2.05) is 13.0 Å². The topological polar surface area (TPSA) is 40.5 Å². The summed E-state index contributed by atoms with van der Waals surface area (Å²) in [6, 6.07) is 1.82. The summed E-state index contributed by atoms with van der Waals surface area (Å²) in [5.74, 6) is 0.460. The number of rotatable bonds is 0. The average Bonchev–Trinajstić information content (AvgIpc) is 1.97. The first-order chi connectivity index (χ1) is 5.04. The van der Waals surface area contributed by atoms with Crippen LogP contribution in [0.2, 0.25) is 0 Å². The third-order valence-electron chi connectivity index (χ3n) is 1.89. The van der Waals surface area contributed by atoms with Crippen LogP contribution in [0.4, 0.5) is 0 Å². The fourth-order valence-corrected chi connectivity index (χ4v) is 1.97. The zero-order chi connectivity index (χ0) is 8.59. The van der Waals surface area contributed by atoms with Gasteiger partial charge in [0.05, 0.1) is 0 Å². The molecule has 0 aliphatic rings. The van der Waals surface area contributed by atoms with Gasteiger partial charge in [0, 0.05) is 15.8 Å². The number of benzene rings is 1. The first kappa shape index (κ1) is 8.14. The van der Waals surface area contributed by atoms with E-state index < -0.39 is 0 Å². The minimum absolute atomic E-state index is 0.210. The summed E-state index contributed by atoms with van der Waals surface area (Å²) in [5, 5.41) is 19.7. The summed E-state index contributed by atoms with van der Waals surface area (Å²) in [6.45, 7) is 3.56. The maximum Gasteiger partial charge on any atom is 0.125 e. The van der Waals surface area contributed by atoms with Crippen LogP contribution in [0, 0.1) is 13.8 Å². The molecule has 1 rings (SSSR count). The fraction of sp³-hybridized carbons (Fsp3) is 0.250. The van der Waals surface area contributed by atoms with Crippen LogP contribution >= 0.6 is 0 Å². The summed E-state index contributed by atoms with van der Waals surface area (Å²) >= 11 is 0. The van der Waals surface area contributed by atoms with Gasteiger partial charge in [0.2, 0.25) is 0 Å². The standard InChI is InChI=1S/C8H12O2Si/c1-4-3-6(11)8(10)5(2)7(4)9/h3,9-10H,1-2,11H3. The highest BCUT2D eigenvalue weighted by Gasteiger charge is 2.07. The van der Waals surface area contributed by atoms with Crippen molar-refractivity contribution in [3.63, 3.8) is 0 Å². The number of phenols is 2. The van der Waals surface area contributed by atoms with Gasteiger partial charge in [0.1, 0.15) is 11.5 Å². The Balaban J connectivity index is 3.46. The number of aromatic hydroxyl groups is 2. The number of hydrogen-bond donors (Lipinski definition) is 2. The van der Waals surface area contributed by atoms with Gasteiger partial charge >= 0.3 is 0 Å². The Kier molecular flexibility index (Phi) is 1.91. The quantitative estimate of drug-likeness (QED) is 0.522. The lowest BCUT2D eigenvalue weighted by Crippen LogP contribution is -2.05. The largest absolute Gasteiger partial charge is 0.508 e. The molecule has 1 aromatic carbocycles. The first-order valence-electron chi connectivity index (χ1n) is 3.52. The summed E-state index contributed by atoms with van der Waals surface area (Å²) in [6.07, 6.45) is 0. The molecule has 0 fully saturated rings. The summed E-state index contributed by atoms with van der Waals surface area (Å²) in [5.41, 5.74) is 1.43. The van der Waals surface area contributed by atoms with Crippen LogP contribution < -0.4 is 5.19 Å². The van der Waals surface area contributed by atoms with E-state index in [2.05, 4.69) is 0 Å². The van der Waals surface area contributed by atoms with Crippen molar-refractivity contribution in [1.29, 1.82) is 0 Å². The van der Waals surface area contributed by atoms with Gasteiger partial charge in [-0.05, 0) is 24.6 Å². The van der Waals surface area contributed by atoms with Crippen LogP contribution in [0.5, 0.6) is 11.5 Å². The molecule has 0 atom stereocenters. The average molecular weight is 168 g/mol. The van der Waals surface area contributed by atoms with Crippen LogP contribution in [-0.2, 0) is 0 Å². The van der Waals surface area contributed by atoms with Crippen molar-refractivity contribution < 1.29 is 10.2 Å². The second-order valence-electron chi connectivity index (χ2n) is 2.83. The lowest BCUT2D eigenvalue weighted by atomic mass is 10.1. The minimum Gasteiger partial charge on any atom is -0.508 e. The van der Waals surface area contributed by atoms with Crippen LogP contribution in [0.3, 0.4) is 0 Å². The SMILES string of the molecule is Cc1cc([SiH3])c(O)c(C)c1O. The zero-order valence-electron chi connectivity index (χ0n) is 6.97. The Bertz CT molecular complexity index is 268. The molecule has 0 saturated carbocycles. The molecule has 2 nitrogen and oxygen atoms in total. The van der Waals surface area contributed by atoms with Gasteiger partial charge in [0.15, 0.2) is 0 Å². The summed E-state index contributed by atoms with van der Waals surface area (Å²) in [4.78, 5) is 0. The maximum absolute atomic E-state index is 9.39. The van der Waals surface area contributed by atoms with Crippen molar-refractivity contribution in [2.24, 2.45) is 0 Å². The second-order valence-corrected chi connectivity index (χ2v) is 3.91. The Morgan fingerprint density at radius 1 is 1.18 bits per heavy atom. The maximum atomic E-state index is 9.39. The van der Waals surface area contributed by atoms with E-state index >= 15 is 0 Å². The van der Waals surface area contributed by atoms with Crippen molar-refractivity contribution in [2.45, 2.75) is 13.8 Å². The smallest absolute Gasteiger partial charge is 0.125 e. The Morgan fingerprint density at radius 3 is 2.27 bits per heavy atom. The van der Waals surface area contributed by atoms with Crippen LogP contribution in [-0.4, -0.2) is 20.5 Å². The fourth-order valence-electron chi connectivity index (χ4n) is 1.17. The van der Waals surface area contributed by atoms with Gasteiger partial charge in [-0.25, -0.2) is 0 Å². The molecule has 0 bridgehead atoms. The molecule has 0 aliphatic heterocycles. The van der Waals surface area contributed by atoms with E-state index in [0.717, 1.165) is 21.0 Å². The van der Waals surface area contributed by atoms with Gasteiger partial charge in [0.25, 0.3) is 0 Å². The number of phenolic OH excluding ortho intramolecular Hbond substituents is 2. The molecular weight excluding hydrogens is 156 g/mol. The van der Waals surface area contributed by atoms with Crippen LogP contribution in [0.25, 0.3) is 0 Å². The van der Waals surface area contributed by atoms with E-state index in [1.165, 1.54) is 0 Å². The lowest BCUT2D eigenvalue weighted by molar-refractivity contribution is 0.443. The molecule has 0 aromatic heterocycles. The number of aryl methyl sites for hydroxylation is 1. The molecule has 0 aliphatic carbocycles. The van der Waals surface area contributed by atoms with Crippen molar-refractivity contribution in [1.82, 2.24) is 0 Å². The van der Waals surface area contributed by atoms with Gasteiger partial charge in [-0.15, -0.1) is 0 Å². The highest BCUT2D eigenvalue weighted by Crippen LogP contribution is 2.26. The highest BCUT2D eigenvalue weighted by molar-refractivity contribution is 6.34. The molecular formula is C8H12O2Si. The van der Waals surface area contributed by atoms with Crippen molar-refractivity contribution in [3.8, 4) is 11.5 Å².